The molecule has 0 saturated heterocycles. The lowest BCUT2D eigenvalue weighted by Gasteiger charge is -2.23. The Bertz CT molecular complexity index is 1020. The predicted octanol–water partition coefficient (Wildman–Crippen LogP) is 7.77. The molecular weight excluding hydrogens is 320 g/mol. The molecule has 0 aliphatic heterocycles. The topological polar surface area (TPSA) is 0 Å². The van der Waals surface area contributed by atoms with E-state index in [-0.39, 0.29) is 0 Å². The van der Waals surface area contributed by atoms with Gasteiger partial charge in [-0.05, 0) is 53.6 Å². The smallest absolute Gasteiger partial charge is 0.0390 e. The van der Waals surface area contributed by atoms with E-state index < -0.39 is 0 Å². The molecular formula is C24H22S. The van der Waals surface area contributed by atoms with Crippen LogP contribution in [0.3, 0.4) is 0 Å². The van der Waals surface area contributed by atoms with Crippen molar-refractivity contribution in [2.24, 2.45) is 0 Å². The third-order valence-corrected chi connectivity index (χ3v) is 6.89. The van der Waals surface area contributed by atoms with Gasteiger partial charge >= 0.3 is 0 Å². The molecule has 0 atom stereocenters. The molecule has 0 unspecified atom stereocenters. The molecule has 1 aromatic heterocycles. The molecule has 1 heterocycles. The fraction of sp³-hybridized carbons (Fsp3) is 0.250. The number of rotatable bonds is 2. The Balaban J connectivity index is 1.80. The fourth-order valence-electron chi connectivity index (χ4n) is 4.37. The molecule has 25 heavy (non-hydrogen) atoms. The maximum absolute atomic E-state index is 2.49. The summed E-state index contributed by atoms with van der Waals surface area (Å²) in [6.45, 7) is 0. The average molecular weight is 343 g/mol. The van der Waals surface area contributed by atoms with Crippen molar-refractivity contribution in [3.05, 3.63) is 72.3 Å². The Kier molecular flexibility index (Phi) is 3.83. The lowest BCUT2D eigenvalue weighted by atomic mass is 9.82. The summed E-state index contributed by atoms with van der Waals surface area (Å²) in [6.07, 6.45) is 6.87. The quantitative estimate of drug-likeness (QED) is 0.349. The average Bonchev–Trinajstić information content (AvgIpc) is 3.07. The van der Waals surface area contributed by atoms with E-state index in [1.54, 1.807) is 5.56 Å². The minimum Gasteiger partial charge on any atom is -0.135 e. The summed E-state index contributed by atoms with van der Waals surface area (Å²) in [5, 5.41) is 2.86. The first-order valence-electron chi connectivity index (χ1n) is 9.41. The van der Waals surface area contributed by atoms with Crippen LogP contribution in [0.2, 0.25) is 0 Å². The molecule has 0 bridgehead atoms. The number of fused-ring (bicyclic) bond motifs is 3. The van der Waals surface area contributed by atoms with Crippen LogP contribution in [0, 0.1) is 0 Å². The van der Waals surface area contributed by atoms with E-state index in [2.05, 4.69) is 66.7 Å². The highest BCUT2D eigenvalue weighted by Crippen LogP contribution is 2.44. The van der Waals surface area contributed by atoms with Gasteiger partial charge in [-0.25, -0.2) is 0 Å². The normalized spacial score (nSPS) is 15.8. The van der Waals surface area contributed by atoms with Crippen molar-refractivity contribution in [3.63, 3.8) is 0 Å². The van der Waals surface area contributed by atoms with Crippen LogP contribution in [0.25, 0.3) is 31.3 Å². The summed E-state index contributed by atoms with van der Waals surface area (Å²) >= 11 is 1.99. The number of thiophene rings is 1. The molecule has 4 aromatic rings. The van der Waals surface area contributed by atoms with Crippen molar-refractivity contribution in [2.75, 3.05) is 0 Å². The summed E-state index contributed by atoms with van der Waals surface area (Å²) in [4.78, 5) is 0. The highest BCUT2D eigenvalue weighted by Gasteiger charge is 2.21. The zero-order valence-corrected chi connectivity index (χ0v) is 15.2. The van der Waals surface area contributed by atoms with Gasteiger partial charge in [0.15, 0.2) is 0 Å². The van der Waals surface area contributed by atoms with Crippen LogP contribution >= 0.6 is 11.3 Å². The Hall–Kier alpha value is -2.12. The molecule has 0 spiro atoms. The second kappa shape index (κ2) is 6.31. The molecule has 0 nitrogen and oxygen atoms in total. The van der Waals surface area contributed by atoms with Crippen molar-refractivity contribution in [3.8, 4) is 11.1 Å². The summed E-state index contributed by atoms with van der Waals surface area (Å²) in [5.41, 5.74) is 4.30. The monoisotopic (exact) mass is 342 g/mol. The molecule has 1 aliphatic rings. The first kappa shape index (κ1) is 15.2. The van der Waals surface area contributed by atoms with Crippen molar-refractivity contribution in [2.45, 2.75) is 38.0 Å². The van der Waals surface area contributed by atoms with E-state index in [1.807, 2.05) is 11.3 Å². The van der Waals surface area contributed by atoms with Gasteiger partial charge in [0.05, 0.1) is 0 Å². The van der Waals surface area contributed by atoms with E-state index in [0.29, 0.717) is 0 Å². The van der Waals surface area contributed by atoms with E-state index in [9.17, 15) is 0 Å². The van der Waals surface area contributed by atoms with Crippen LogP contribution < -0.4 is 0 Å². The van der Waals surface area contributed by atoms with Gasteiger partial charge in [-0.2, -0.15) is 0 Å². The van der Waals surface area contributed by atoms with Crippen LogP contribution in [0.5, 0.6) is 0 Å². The highest BCUT2D eigenvalue weighted by molar-refractivity contribution is 7.26. The molecule has 1 fully saturated rings. The standard InChI is InChI=1S/C24H22S/c1-3-9-17(10-4-1)19-15-21(18-11-5-2-6-12-18)24-22(16-19)20-13-7-8-14-23(20)25-24/h1,3-4,7-10,13-16,18H,2,5-6,11-12H2. The first-order chi connectivity index (χ1) is 12.4. The minimum absolute atomic E-state index is 0.730. The largest absolute Gasteiger partial charge is 0.135 e. The lowest BCUT2D eigenvalue weighted by molar-refractivity contribution is 0.446. The zero-order valence-electron chi connectivity index (χ0n) is 14.4. The van der Waals surface area contributed by atoms with Gasteiger partial charge in [-0.3, -0.25) is 0 Å². The van der Waals surface area contributed by atoms with Crippen molar-refractivity contribution in [1.82, 2.24) is 0 Å². The van der Waals surface area contributed by atoms with Gasteiger partial charge < -0.3 is 0 Å². The Morgan fingerprint density at radius 1 is 0.680 bits per heavy atom. The SMILES string of the molecule is c1ccc(-c2cc(C3CCCCC3)c3sc4ccccc4c3c2)cc1. The third kappa shape index (κ3) is 2.67. The molecule has 0 amide bonds. The van der Waals surface area contributed by atoms with Crippen LogP contribution in [0.15, 0.2) is 66.7 Å². The summed E-state index contributed by atoms with van der Waals surface area (Å²) < 4.78 is 2.94. The van der Waals surface area contributed by atoms with Crippen LogP contribution in [0.4, 0.5) is 0 Å². The number of hydrogen-bond donors (Lipinski definition) is 0. The predicted molar refractivity (Wildman–Crippen MR) is 111 cm³/mol. The molecule has 1 heteroatoms. The first-order valence-corrected chi connectivity index (χ1v) is 10.2. The fourth-order valence-corrected chi connectivity index (χ4v) is 5.64. The summed E-state index contributed by atoms with van der Waals surface area (Å²) in [7, 11) is 0. The Morgan fingerprint density at radius 2 is 1.44 bits per heavy atom. The van der Waals surface area contributed by atoms with Gasteiger partial charge in [0, 0.05) is 20.2 Å². The Morgan fingerprint density at radius 3 is 2.28 bits per heavy atom. The second-order valence-electron chi connectivity index (χ2n) is 7.24. The van der Waals surface area contributed by atoms with Crippen LogP contribution in [-0.2, 0) is 0 Å². The number of benzene rings is 3. The maximum Gasteiger partial charge on any atom is 0.0390 e. The third-order valence-electron chi connectivity index (χ3n) is 5.66. The molecule has 0 radical (unpaired) electrons. The van der Waals surface area contributed by atoms with Crippen molar-refractivity contribution < 1.29 is 0 Å². The zero-order chi connectivity index (χ0) is 16.6. The van der Waals surface area contributed by atoms with E-state index in [0.717, 1.165) is 5.92 Å². The van der Waals surface area contributed by atoms with Crippen LogP contribution in [0.1, 0.15) is 43.6 Å². The number of hydrogen-bond acceptors (Lipinski definition) is 1. The van der Waals surface area contributed by atoms with Gasteiger partial charge in [0.2, 0.25) is 0 Å². The summed E-state index contributed by atoms with van der Waals surface area (Å²) in [6, 6.07) is 24.7. The van der Waals surface area contributed by atoms with Gasteiger partial charge in [0.25, 0.3) is 0 Å². The molecule has 1 saturated carbocycles. The second-order valence-corrected chi connectivity index (χ2v) is 8.29. The highest BCUT2D eigenvalue weighted by atomic mass is 32.1. The molecule has 3 aromatic carbocycles. The molecule has 124 valence electrons. The van der Waals surface area contributed by atoms with Crippen molar-refractivity contribution in [1.29, 1.82) is 0 Å². The molecule has 5 rings (SSSR count). The van der Waals surface area contributed by atoms with Crippen molar-refractivity contribution >= 4 is 31.5 Å². The van der Waals surface area contributed by atoms with Crippen LogP contribution in [-0.4, -0.2) is 0 Å². The lowest BCUT2D eigenvalue weighted by Crippen LogP contribution is -2.04. The Labute approximate surface area is 153 Å². The maximum atomic E-state index is 2.49. The minimum atomic E-state index is 0.730. The summed E-state index contributed by atoms with van der Waals surface area (Å²) in [5.74, 6) is 0.730. The van der Waals surface area contributed by atoms with Gasteiger partial charge in [0.1, 0.15) is 0 Å². The van der Waals surface area contributed by atoms with E-state index in [1.165, 1.54) is 63.4 Å². The van der Waals surface area contributed by atoms with E-state index >= 15 is 0 Å². The van der Waals surface area contributed by atoms with Gasteiger partial charge in [-0.15, -0.1) is 11.3 Å². The molecule has 0 N–H and O–H groups in total. The van der Waals surface area contributed by atoms with E-state index in [4.69, 9.17) is 0 Å². The molecule has 1 aliphatic carbocycles. The van der Waals surface area contributed by atoms with Gasteiger partial charge in [-0.1, -0.05) is 67.8 Å².